The molecule has 3 nitrogen and oxygen atoms in total. The molecule has 0 spiro atoms. The number of aliphatic hydroxyl groups excluding tert-OH is 2. The Hall–Kier alpha value is 1.08. The van der Waals surface area contributed by atoms with E-state index in [4.69, 9.17) is 14.9 Å². The zero-order valence-electron chi connectivity index (χ0n) is 5.83. The van der Waals surface area contributed by atoms with Gasteiger partial charge in [-0.15, -0.1) is 0 Å². The van der Waals surface area contributed by atoms with E-state index in [2.05, 4.69) is 45.2 Å². The molecule has 0 radical (unpaired) electrons. The predicted octanol–water partition coefficient (Wildman–Crippen LogP) is 1.07. The van der Waals surface area contributed by atoms with Gasteiger partial charge in [-0.25, -0.2) is 0 Å². The Kier molecular flexibility index (Phi) is 8.47. The second-order valence-electron chi connectivity index (χ2n) is 1.91. The highest BCUT2D eigenvalue weighted by atomic mass is 127. The lowest BCUT2D eigenvalue weighted by molar-refractivity contribution is 0.0147. The first-order chi connectivity index (χ1) is 5.20. The van der Waals surface area contributed by atoms with E-state index in [-0.39, 0.29) is 13.2 Å². The molecule has 0 amide bonds. The van der Waals surface area contributed by atoms with E-state index in [0.717, 1.165) is 3.58 Å². The lowest BCUT2D eigenvalue weighted by atomic mass is 10.4. The van der Waals surface area contributed by atoms with Crippen molar-refractivity contribution in [1.82, 2.24) is 0 Å². The first-order valence-corrected chi connectivity index (χ1v) is 5.34. The van der Waals surface area contributed by atoms with Gasteiger partial charge in [-0.1, -0.05) is 22.6 Å². The van der Waals surface area contributed by atoms with Crippen molar-refractivity contribution in [2.75, 3.05) is 19.8 Å². The summed E-state index contributed by atoms with van der Waals surface area (Å²) in [6.07, 6.45) is -0.756. The smallest absolute Gasteiger partial charge is 0.100 e. The number of halogens is 2. The van der Waals surface area contributed by atoms with Crippen LogP contribution in [0.4, 0.5) is 0 Å². The van der Waals surface area contributed by atoms with Gasteiger partial charge in [0.15, 0.2) is 0 Å². The Morgan fingerprint density at radius 3 is 2.73 bits per heavy atom. The highest BCUT2D eigenvalue weighted by Crippen LogP contribution is 2.08. The third kappa shape index (κ3) is 7.44. The summed E-state index contributed by atoms with van der Waals surface area (Å²) in [6.45, 7) is 0.443. The summed E-state index contributed by atoms with van der Waals surface area (Å²) in [4.78, 5) is 0. The molecule has 0 aliphatic rings. The molecule has 1 unspecified atom stereocenters. The van der Waals surface area contributed by atoms with Gasteiger partial charge in [-0.3, -0.25) is 0 Å². The largest absolute Gasteiger partial charge is 0.394 e. The summed E-state index contributed by atoms with van der Waals surface area (Å²) in [5.41, 5.74) is 0. The maximum atomic E-state index is 8.84. The lowest BCUT2D eigenvalue weighted by Gasteiger charge is -2.06. The highest BCUT2D eigenvalue weighted by Gasteiger charge is 2.00. The van der Waals surface area contributed by atoms with Crippen LogP contribution >= 0.6 is 45.2 Å². The summed E-state index contributed by atoms with van der Waals surface area (Å²) in [6, 6.07) is 0. The minimum absolute atomic E-state index is 0.188. The molecule has 66 valence electrons. The van der Waals surface area contributed by atoms with E-state index in [9.17, 15) is 0 Å². The van der Waals surface area contributed by atoms with Crippen LogP contribution < -0.4 is 0 Å². The molecular weight excluding hydrogens is 374 g/mol. The van der Waals surface area contributed by atoms with Gasteiger partial charge < -0.3 is 14.9 Å². The molecule has 0 saturated carbocycles. The van der Waals surface area contributed by atoms with Crippen LogP contribution in [0.15, 0.2) is 7.66 Å². The average molecular weight is 384 g/mol. The summed E-state index contributed by atoms with van der Waals surface area (Å²) in [7, 11) is 0. The van der Waals surface area contributed by atoms with Gasteiger partial charge in [-0.05, 0) is 26.7 Å². The second kappa shape index (κ2) is 7.71. The molecular formula is C6H10I2O3. The van der Waals surface area contributed by atoms with Crippen molar-refractivity contribution in [2.24, 2.45) is 0 Å². The van der Waals surface area contributed by atoms with Crippen LogP contribution in [-0.4, -0.2) is 36.1 Å². The van der Waals surface area contributed by atoms with Gasteiger partial charge >= 0.3 is 0 Å². The quantitative estimate of drug-likeness (QED) is 0.698. The van der Waals surface area contributed by atoms with E-state index in [1.165, 1.54) is 0 Å². The van der Waals surface area contributed by atoms with Gasteiger partial charge in [-0.2, -0.15) is 0 Å². The first kappa shape index (κ1) is 12.1. The molecule has 0 bridgehead atoms. The van der Waals surface area contributed by atoms with Crippen molar-refractivity contribution in [1.29, 1.82) is 0 Å². The normalized spacial score (nSPS) is 15.1. The molecule has 0 saturated heterocycles. The summed E-state index contributed by atoms with van der Waals surface area (Å²) < 4.78 is 8.03. The molecule has 0 aliphatic heterocycles. The number of hydrogen-bond acceptors (Lipinski definition) is 3. The van der Waals surface area contributed by atoms with E-state index in [0.29, 0.717) is 6.61 Å². The van der Waals surface area contributed by atoms with Crippen molar-refractivity contribution in [2.45, 2.75) is 6.10 Å². The van der Waals surface area contributed by atoms with E-state index in [1.54, 1.807) is 0 Å². The van der Waals surface area contributed by atoms with Crippen LogP contribution in [0.5, 0.6) is 0 Å². The minimum Gasteiger partial charge on any atom is -0.394 e. The fourth-order valence-corrected chi connectivity index (χ4v) is 0.777. The van der Waals surface area contributed by atoms with Gasteiger partial charge in [0.1, 0.15) is 6.10 Å². The predicted molar refractivity (Wildman–Crippen MR) is 60.0 cm³/mol. The summed E-state index contributed by atoms with van der Waals surface area (Å²) in [5.74, 6) is 0. The van der Waals surface area contributed by atoms with E-state index >= 15 is 0 Å². The average Bonchev–Trinajstić information content (AvgIpc) is 2.04. The van der Waals surface area contributed by atoms with Gasteiger partial charge in [0.25, 0.3) is 0 Å². The van der Waals surface area contributed by atoms with Crippen molar-refractivity contribution in [3.8, 4) is 0 Å². The molecule has 2 N–H and O–H groups in total. The van der Waals surface area contributed by atoms with Gasteiger partial charge in [0, 0.05) is 3.58 Å². The minimum atomic E-state index is -0.756. The molecule has 0 aromatic rings. The molecule has 0 aromatic carbocycles. The SMILES string of the molecule is OCC(O)COCC(I)=CI. The number of hydrogen-bond donors (Lipinski definition) is 2. The molecule has 0 aliphatic carbocycles. The Bertz CT molecular complexity index is 127. The van der Waals surface area contributed by atoms with E-state index in [1.807, 2.05) is 4.08 Å². The van der Waals surface area contributed by atoms with Crippen LogP contribution in [0.2, 0.25) is 0 Å². The third-order valence-electron chi connectivity index (χ3n) is 0.879. The van der Waals surface area contributed by atoms with Crippen LogP contribution in [0.3, 0.4) is 0 Å². The number of ether oxygens (including phenoxy) is 1. The highest BCUT2D eigenvalue weighted by molar-refractivity contribution is 14.1. The van der Waals surface area contributed by atoms with Gasteiger partial charge in [0.05, 0.1) is 19.8 Å². The van der Waals surface area contributed by atoms with Crippen LogP contribution in [0, 0.1) is 0 Å². The lowest BCUT2D eigenvalue weighted by Crippen LogP contribution is -2.19. The standard InChI is InChI=1S/C6H10I2O3/c7-1-5(8)3-11-4-6(10)2-9/h1,6,9-10H,2-4H2. The molecule has 5 heteroatoms. The zero-order valence-corrected chi connectivity index (χ0v) is 10.1. The first-order valence-electron chi connectivity index (χ1n) is 3.02. The number of aliphatic hydroxyl groups is 2. The van der Waals surface area contributed by atoms with Crippen molar-refractivity contribution in [3.05, 3.63) is 7.66 Å². The zero-order chi connectivity index (χ0) is 8.69. The van der Waals surface area contributed by atoms with Crippen molar-refractivity contribution in [3.63, 3.8) is 0 Å². The van der Waals surface area contributed by atoms with E-state index < -0.39 is 6.10 Å². The summed E-state index contributed by atoms with van der Waals surface area (Å²) in [5, 5.41) is 17.3. The molecule has 0 fully saturated rings. The number of rotatable bonds is 5. The van der Waals surface area contributed by atoms with Gasteiger partial charge in [0.2, 0.25) is 0 Å². The fourth-order valence-electron chi connectivity index (χ4n) is 0.377. The Labute approximate surface area is 93.1 Å². The molecule has 1 atom stereocenters. The van der Waals surface area contributed by atoms with Crippen LogP contribution in [0.1, 0.15) is 0 Å². The monoisotopic (exact) mass is 384 g/mol. The fraction of sp³-hybridized carbons (Fsp3) is 0.667. The Balaban J connectivity index is 3.27. The topological polar surface area (TPSA) is 49.7 Å². The van der Waals surface area contributed by atoms with Crippen molar-refractivity contribution < 1.29 is 14.9 Å². The van der Waals surface area contributed by atoms with Crippen molar-refractivity contribution >= 4 is 45.2 Å². The maximum Gasteiger partial charge on any atom is 0.100 e. The summed E-state index contributed by atoms with van der Waals surface area (Å²) >= 11 is 4.27. The molecule has 0 heterocycles. The molecule has 11 heavy (non-hydrogen) atoms. The second-order valence-corrected chi connectivity index (χ2v) is 3.92. The molecule has 0 rings (SSSR count). The Morgan fingerprint density at radius 2 is 2.27 bits per heavy atom. The Morgan fingerprint density at radius 1 is 1.64 bits per heavy atom. The van der Waals surface area contributed by atoms with Crippen LogP contribution in [-0.2, 0) is 4.74 Å². The van der Waals surface area contributed by atoms with Crippen LogP contribution in [0.25, 0.3) is 0 Å². The third-order valence-corrected chi connectivity index (χ3v) is 3.45. The molecule has 0 aromatic heterocycles. The maximum absolute atomic E-state index is 8.84.